The van der Waals surface area contributed by atoms with Crippen molar-refractivity contribution in [2.24, 2.45) is 0 Å². The van der Waals surface area contributed by atoms with Crippen LogP contribution in [0.1, 0.15) is 49.1 Å². The van der Waals surface area contributed by atoms with Gasteiger partial charge in [0.05, 0.1) is 6.04 Å². The van der Waals surface area contributed by atoms with Crippen molar-refractivity contribution in [3.63, 3.8) is 0 Å². The number of aromatic nitrogens is 1. The Balaban J connectivity index is 1.47. The van der Waals surface area contributed by atoms with Crippen molar-refractivity contribution in [2.45, 2.75) is 56.7 Å². The summed E-state index contributed by atoms with van der Waals surface area (Å²) in [6, 6.07) is 12.6. The van der Waals surface area contributed by atoms with Gasteiger partial charge in [0.15, 0.2) is 0 Å². The average Bonchev–Trinajstić information content (AvgIpc) is 3.51. The molecule has 1 aromatic carbocycles. The van der Waals surface area contributed by atoms with Crippen LogP contribution >= 0.6 is 0 Å². The number of nitrogens with one attached hydrogen (secondary N) is 1. The molecule has 2 aromatic rings. The van der Waals surface area contributed by atoms with E-state index in [4.69, 9.17) is 10.8 Å². The molecule has 0 saturated carbocycles. The first kappa shape index (κ1) is 24.7. The van der Waals surface area contributed by atoms with E-state index in [1.54, 1.807) is 17.2 Å². The molecule has 1 aromatic heterocycles. The third-order valence-electron chi connectivity index (χ3n) is 6.97. The number of likely N-dealkylation sites (tertiary alicyclic amines) is 2. The number of nitrogens with zero attached hydrogens (tertiary/aromatic N) is 3. The maximum absolute atomic E-state index is 13.9. The van der Waals surface area contributed by atoms with Crippen LogP contribution in [0.3, 0.4) is 0 Å². The maximum Gasteiger partial charge on any atom is 0.303 e. The number of carboxylic acid groups (broad SMARTS) is 1. The molecule has 35 heavy (non-hydrogen) atoms. The van der Waals surface area contributed by atoms with Crippen LogP contribution in [-0.2, 0) is 20.9 Å². The number of amides is 2. The van der Waals surface area contributed by atoms with Crippen LogP contribution < -0.4 is 11.1 Å². The van der Waals surface area contributed by atoms with Crippen LogP contribution in [0.5, 0.6) is 0 Å². The van der Waals surface area contributed by atoms with Crippen molar-refractivity contribution >= 4 is 23.6 Å². The molecule has 2 aliphatic heterocycles. The largest absolute Gasteiger partial charge is 0.481 e. The first-order valence-electron chi connectivity index (χ1n) is 12.2. The van der Waals surface area contributed by atoms with Gasteiger partial charge in [-0.15, -0.1) is 0 Å². The van der Waals surface area contributed by atoms with Crippen LogP contribution in [0, 0.1) is 0 Å². The van der Waals surface area contributed by atoms with Gasteiger partial charge < -0.3 is 21.1 Å². The maximum atomic E-state index is 13.9. The fraction of sp³-hybridized carbons (Fsp3) is 0.462. The van der Waals surface area contributed by atoms with Crippen molar-refractivity contribution in [3.8, 4) is 0 Å². The number of nitrogen functional groups attached to an aromatic ring is 1. The fourth-order valence-corrected chi connectivity index (χ4v) is 5.24. The number of benzene rings is 1. The van der Waals surface area contributed by atoms with Gasteiger partial charge in [0.25, 0.3) is 0 Å². The first-order chi connectivity index (χ1) is 16.9. The Morgan fingerprint density at radius 2 is 1.89 bits per heavy atom. The molecule has 4 N–H and O–H groups in total. The van der Waals surface area contributed by atoms with E-state index in [1.807, 2.05) is 36.4 Å². The molecule has 0 bridgehead atoms. The lowest BCUT2D eigenvalue weighted by Crippen LogP contribution is -2.53. The minimum atomic E-state index is -0.834. The van der Waals surface area contributed by atoms with Gasteiger partial charge in [-0.3, -0.25) is 19.3 Å². The van der Waals surface area contributed by atoms with Gasteiger partial charge in [-0.1, -0.05) is 36.4 Å². The van der Waals surface area contributed by atoms with Crippen molar-refractivity contribution in [1.82, 2.24) is 20.1 Å². The Morgan fingerprint density at radius 1 is 1.09 bits per heavy atom. The molecular formula is C26H33N5O4. The van der Waals surface area contributed by atoms with Crippen LogP contribution in [0.4, 0.5) is 5.82 Å². The second-order valence-corrected chi connectivity index (χ2v) is 9.28. The lowest BCUT2D eigenvalue weighted by atomic mass is 9.90. The van der Waals surface area contributed by atoms with Gasteiger partial charge in [0.1, 0.15) is 11.9 Å². The average molecular weight is 480 g/mol. The summed E-state index contributed by atoms with van der Waals surface area (Å²) < 4.78 is 0. The Hall–Kier alpha value is -3.46. The van der Waals surface area contributed by atoms with Crippen molar-refractivity contribution in [3.05, 3.63) is 59.8 Å². The summed E-state index contributed by atoms with van der Waals surface area (Å²) in [5.74, 6) is -0.610. The number of anilines is 1. The summed E-state index contributed by atoms with van der Waals surface area (Å²) in [6.07, 6.45) is 4.41. The molecule has 9 nitrogen and oxygen atoms in total. The van der Waals surface area contributed by atoms with E-state index in [2.05, 4.69) is 15.2 Å². The van der Waals surface area contributed by atoms with Gasteiger partial charge in [-0.05, 0) is 56.0 Å². The quantitative estimate of drug-likeness (QED) is 0.502. The van der Waals surface area contributed by atoms with Gasteiger partial charge >= 0.3 is 5.97 Å². The van der Waals surface area contributed by atoms with Crippen molar-refractivity contribution in [1.29, 1.82) is 0 Å². The van der Waals surface area contributed by atoms with E-state index in [0.717, 1.165) is 30.5 Å². The molecule has 2 amide bonds. The van der Waals surface area contributed by atoms with Gasteiger partial charge in [0.2, 0.25) is 11.8 Å². The molecule has 2 aliphatic rings. The van der Waals surface area contributed by atoms with Gasteiger partial charge in [-0.25, -0.2) is 4.98 Å². The Morgan fingerprint density at radius 3 is 2.60 bits per heavy atom. The zero-order valence-corrected chi connectivity index (χ0v) is 19.8. The standard InChI is InChI=1S/C26H33N5O4/c27-22-11-10-18(16-28-22)17-29-25(34)21-8-4-14-31(21)26(35)24-20(19-6-2-1-3-7-19)12-15-30(24)13-5-9-23(32)33/h1-3,6-7,10-11,16,20-21,24H,4-5,8-9,12-15,17H2,(H2,27,28)(H,29,34)(H,32,33)/t20-,21-,24+/m0/s1. The molecule has 3 atom stereocenters. The summed E-state index contributed by atoms with van der Waals surface area (Å²) in [6.45, 7) is 2.13. The highest BCUT2D eigenvalue weighted by Gasteiger charge is 2.45. The number of carbonyl (C=O) groups excluding carboxylic acids is 2. The third-order valence-corrected chi connectivity index (χ3v) is 6.97. The zero-order chi connectivity index (χ0) is 24.8. The summed E-state index contributed by atoms with van der Waals surface area (Å²) in [4.78, 5) is 45.9. The van der Waals surface area contributed by atoms with E-state index in [0.29, 0.717) is 38.3 Å². The van der Waals surface area contributed by atoms with Gasteiger partial charge in [0, 0.05) is 31.6 Å². The predicted molar refractivity (Wildman–Crippen MR) is 131 cm³/mol. The Labute approximate surface area is 205 Å². The third kappa shape index (κ3) is 5.97. The van der Waals surface area contributed by atoms with E-state index in [-0.39, 0.29) is 24.2 Å². The molecule has 0 aliphatic carbocycles. The highest BCUT2D eigenvalue weighted by Crippen LogP contribution is 2.36. The lowest BCUT2D eigenvalue weighted by Gasteiger charge is -2.33. The SMILES string of the molecule is Nc1ccc(CNC(=O)[C@@H]2CCCN2C(=O)[C@H]2[C@H](c3ccccc3)CCN2CCCC(=O)O)cn1. The number of pyridine rings is 1. The van der Waals surface area contributed by atoms with Crippen LogP contribution in [-0.4, -0.2) is 69.4 Å². The van der Waals surface area contributed by atoms with Crippen LogP contribution in [0.15, 0.2) is 48.7 Å². The van der Waals surface area contributed by atoms with Gasteiger partial charge in [-0.2, -0.15) is 0 Å². The fourth-order valence-electron chi connectivity index (χ4n) is 5.24. The van der Waals surface area contributed by atoms with Crippen molar-refractivity contribution in [2.75, 3.05) is 25.4 Å². The molecule has 0 radical (unpaired) electrons. The normalized spacial score (nSPS) is 22.3. The monoisotopic (exact) mass is 479 g/mol. The predicted octanol–water partition coefficient (Wildman–Crippen LogP) is 1.99. The van der Waals surface area contributed by atoms with E-state index in [9.17, 15) is 14.4 Å². The smallest absolute Gasteiger partial charge is 0.303 e. The number of carbonyl (C=O) groups is 3. The van der Waals surface area contributed by atoms with Crippen molar-refractivity contribution < 1.29 is 19.5 Å². The Bertz CT molecular complexity index is 1030. The Kier molecular flexibility index (Phi) is 7.97. The number of carboxylic acids is 1. The number of hydrogen-bond donors (Lipinski definition) is 3. The molecule has 3 heterocycles. The number of rotatable bonds is 9. The molecule has 2 fully saturated rings. The van der Waals surface area contributed by atoms with Crippen LogP contribution in [0.2, 0.25) is 0 Å². The minimum absolute atomic E-state index is 0.0127. The zero-order valence-electron chi connectivity index (χ0n) is 19.8. The highest BCUT2D eigenvalue weighted by atomic mass is 16.4. The molecule has 0 unspecified atom stereocenters. The molecule has 2 saturated heterocycles. The summed E-state index contributed by atoms with van der Waals surface area (Å²) in [7, 11) is 0. The minimum Gasteiger partial charge on any atom is -0.481 e. The lowest BCUT2D eigenvalue weighted by molar-refractivity contribution is -0.142. The van der Waals surface area contributed by atoms with E-state index in [1.165, 1.54) is 0 Å². The summed E-state index contributed by atoms with van der Waals surface area (Å²) in [5.41, 5.74) is 7.57. The second kappa shape index (κ2) is 11.3. The van der Waals surface area contributed by atoms with E-state index < -0.39 is 18.1 Å². The highest BCUT2D eigenvalue weighted by molar-refractivity contribution is 5.91. The summed E-state index contributed by atoms with van der Waals surface area (Å²) >= 11 is 0. The second-order valence-electron chi connectivity index (χ2n) is 9.28. The number of nitrogens with two attached hydrogens (primary N) is 1. The number of aliphatic carboxylic acids is 1. The van der Waals surface area contributed by atoms with Crippen LogP contribution in [0.25, 0.3) is 0 Å². The molecule has 4 rings (SSSR count). The topological polar surface area (TPSA) is 129 Å². The molecular weight excluding hydrogens is 446 g/mol. The molecule has 9 heteroatoms. The molecule has 0 spiro atoms. The summed E-state index contributed by atoms with van der Waals surface area (Å²) in [5, 5.41) is 12.0. The number of hydrogen-bond acceptors (Lipinski definition) is 6. The van der Waals surface area contributed by atoms with E-state index >= 15 is 0 Å². The molecule has 186 valence electrons. The first-order valence-corrected chi connectivity index (χ1v) is 12.2.